The van der Waals surface area contributed by atoms with E-state index in [-0.39, 0.29) is 0 Å². The Labute approximate surface area is 172 Å². The highest BCUT2D eigenvalue weighted by Crippen LogP contribution is 2.44. The number of ether oxygens (including phenoxy) is 1. The largest absolute Gasteiger partial charge is 0.481 e. The number of hydrogen-bond donors (Lipinski definition) is 3. The van der Waals surface area contributed by atoms with Gasteiger partial charge >= 0.3 is 6.03 Å². The first-order valence-corrected chi connectivity index (χ1v) is 10.1. The van der Waals surface area contributed by atoms with E-state index in [1.54, 1.807) is 30.7 Å². The van der Waals surface area contributed by atoms with Gasteiger partial charge in [-0.25, -0.2) is 14.8 Å². The van der Waals surface area contributed by atoms with Crippen molar-refractivity contribution in [2.24, 2.45) is 5.73 Å². The van der Waals surface area contributed by atoms with Crippen LogP contribution in [-0.2, 0) is 5.54 Å². The molecule has 3 aromatic rings. The topological polar surface area (TPSA) is 115 Å². The van der Waals surface area contributed by atoms with Crippen molar-refractivity contribution in [1.29, 1.82) is 0 Å². The van der Waals surface area contributed by atoms with Gasteiger partial charge < -0.3 is 21.1 Å². The van der Waals surface area contributed by atoms with Crippen LogP contribution in [0.2, 0.25) is 0 Å². The molecule has 0 aliphatic heterocycles. The molecular formula is C20H22N6O2S. The van der Waals surface area contributed by atoms with Crippen molar-refractivity contribution in [2.75, 3.05) is 12.4 Å². The van der Waals surface area contributed by atoms with Crippen molar-refractivity contribution in [3.05, 3.63) is 47.2 Å². The lowest BCUT2D eigenvalue weighted by Crippen LogP contribution is -2.52. The van der Waals surface area contributed by atoms with Crippen LogP contribution >= 0.6 is 11.3 Å². The SMILES string of the molecule is COc1ccnc(Nc2cc(C)cc(-c3cnc(C4(NC(N)=O)CCC4)s3)c2)n1. The summed E-state index contributed by atoms with van der Waals surface area (Å²) >= 11 is 1.58. The number of urea groups is 1. The number of nitrogens with zero attached hydrogens (tertiary/aromatic N) is 3. The molecule has 2 amide bonds. The third-order valence-electron chi connectivity index (χ3n) is 4.94. The molecule has 1 aromatic carbocycles. The summed E-state index contributed by atoms with van der Waals surface area (Å²) in [5.74, 6) is 0.959. The molecule has 4 rings (SSSR count). The summed E-state index contributed by atoms with van der Waals surface area (Å²) in [6.45, 7) is 2.03. The Kier molecular flexibility index (Phi) is 5.06. The van der Waals surface area contributed by atoms with Gasteiger partial charge in [0.2, 0.25) is 11.8 Å². The second-order valence-electron chi connectivity index (χ2n) is 7.09. The molecule has 1 aliphatic rings. The first-order valence-electron chi connectivity index (χ1n) is 9.27. The number of anilines is 2. The van der Waals surface area contributed by atoms with E-state index in [4.69, 9.17) is 10.5 Å². The predicted octanol–water partition coefficient (Wildman–Crippen LogP) is 3.71. The van der Waals surface area contributed by atoms with Gasteiger partial charge in [0.25, 0.3) is 0 Å². The zero-order chi connectivity index (χ0) is 20.4. The van der Waals surface area contributed by atoms with Crippen molar-refractivity contribution in [3.8, 4) is 16.3 Å². The average Bonchev–Trinajstić information content (AvgIpc) is 3.14. The molecule has 2 aromatic heterocycles. The van der Waals surface area contributed by atoms with Crippen LogP contribution in [0.15, 0.2) is 36.7 Å². The van der Waals surface area contributed by atoms with Gasteiger partial charge in [0.15, 0.2) is 0 Å². The molecule has 9 heteroatoms. The number of nitrogens with one attached hydrogen (secondary N) is 2. The number of carbonyl (C=O) groups excluding carboxylic acids is 1. The van der Waals surface area contributed by atoms with Crippen LogP contribution in [0.3, 0.4) is 0 Å². The Morgan fingerprint density at radius 1 is 1.28 bits per heavy atom. The summed E-state index contributed by atoms with van der Waals surface area (Å²) in [5, 5.41) is 7.00. The van der Waals surface area contributed by atoms with Gasteiger partial charge in [-0.1, -0.05) is 6.07 Å². The molecular weight excluding hydrogens is 388 g/mol. The highest BCUT2D eigenvalue weighted by molar-refractivity contribution is 7.15. The van der Waals surface area contributed by atoms with E-state index in [2.05, 4.69) is 31.7 Å². The summed E-state index contributed by atoms with van der Waals surface area (Å²) in [6.07, 6.45) is 6.26. The number of benzene rings is 1. The minimum absolute atomic E-state index is 0.423. The lowest BCUT2D eigenvalue weighted by Gasteiger charge is -2.40. The van der Waals surface area contributed by atoms with Crippen LogP contribution in [0.1, 0.15) is 29.8 Å². The summed E-state index contributed by atoms with van der Waals surface area (Å²) in [7, 11) is 1.57. The third-order valence-corrected chi connectivity index (χ3v) is 6.19. The Balaban J connectivity index is 1.61. The van der Waals surface area contributed by atoms with Gasteiger partial charge in [-0.15, -0.1) is 11.3 Å². The van der Waals surface area contributed by atoms with Crippen molar-refractivity contribution in [1.82, 2.24) is 20.3 Å². The molecule has 1 aliphatic carbocycles. The molecule has 0 unspecified atom stereocenters. The second-order valence-corrected chi connectivity index (χ2v) is 8.12. The number of carbonyl (C=O) groups is 1. The molecule has 0 spiro atoms. The van der Waals surface area contributed by atoms with Crippen LogP contribution < -0.4 is 21.1 Å². The maximum absolute atomic E-state index is 11.4. The average molecular weight is 411 g/mol. The lowest BCUT2D eigenvalue weighted by atomic mass is 9.77. The van der Waals surface area contributed by atoms with E-state index in [0.717, 1.165) is 46.0 Å². The second kappa shape index (κ2) is 7.67. The molecule has 0 saturated heterocycles. The van der Waals surface area contributed by atoms with Crippen LogP contribution in [0.5, 0.6) is 5.88 Å². The third kappa shape index (κ3) is 4.00. The number of methoxy groups -OCH3 is 1. The predicted molar refractivity (Wildman–Crippen MR) is 112 cm³/mol. The molecule has 0 radical (unpaired) electrons. The smallest absolute Gasteiger partial charge is 0.312 e. The van der Waals surface area contributed by atoms with Crippen molar-refractivity contribution in [2.45, 2.75) is 31.7 Å². The standard InChI is InChI=1S/C20H22N6O2S/c1-12-8-13(10-14(9-12)24-19-22-7-4-16(25-19)28-2)15-11-23-17(29-15)20(5-3-6-20)26-18(21)27/h4,7-11H,3,5-6H2,1-2H3,(H3,21,26,27)(H,22,24,25). The molecule has 29 heavy (non-hydrogen) atoms. The number of aromatic nitrogens is 3. The van der Waals surface area contributed by atoms with Crippen LogP contribution in [0.4, 0.5) is 16.4 Å². The molecule has 2 heterocycles. The number of hydrogen-bond acceptors (Lipinski definition) is 7. The van der Waals surface area contributed by atoms with Crippen LogP contribution in [-0.4, -0.2) is 28.1 Å². The molecule has 0 atom stereocenters. The minimum atomic E-state index is -0.512. The monoisotopic (exact) mass is 410 g/mol. The summed E-state index contributed by atoms with van der Waals surface area (Å²) in [4.78, 5) is 25.6. The quantitative estimate of drug-likeness (QED) is 0.571. The zero-order valence-electron chi connectivity index (χ0n) is 16.2. The van der Waals surface area contributed by atoms with E-state index < -0.39 is 11.6 Å². The molecule has 150 valence electrons. The maximum Gasteiger partial charge on any atom is 0.312 e. The normalized spacial score (nSPS) is 14.7. The van der Waals surface area contributed by atoms with E-state index >= 15 is 0 Å². The van der Waals surface area contributed by atoms with Gasteiger partial charge in [-0.05, 0) is 49.4 Å². The number of rotatable bonds is 6. The van der Waals surface area contributed by atoms with E-state index in [1.165, 1.54) is 0 Å². The summed E-state index contributed by atoms with van der Waals surface area (Å²) in [5.41, 5.74) is 7.95. The fourth-order valence-electron chi connectivity index (χ4n) is 3.43. The number of primary amides is 1. The van der Waals surface area contributed by atoms with E-state index in [1.807, 2.05) is 25.3 Å². The first-order chi connectivity index (χ1) is 14.0. The van der Waals surface area contributed by atoms with Crippen LogP contribution in [0.25, 0.3) is 10.4 Å². The van der Waals surface area contributed by atoms with Gasteiger partial charge in [-0.2, -0.15) is 4.98 Å². The molecule has 0 bridgehead atoms. The molecule has 8 nitrogen and oxygen atoms in total. The van der Waals surface area contributed by atoms with E-state index in [0.29, 0.717) is 11.8 Å². The number of nitrogens with two attached hydrogens (primary N) is 1. The Morgan fingerprint density at radius 2 is 2.10 bits per heavy atom. The highest BCUT2D eigenvalue weighted by atomic mass is 32.1. The number of thiazole rings is 1. The zero-order valence-corrected chi connectivity index (χ0v) is 17.0. The lowest BCUT2D eigenvalue weighted by molar-refractivity contribution is 0.182. The van der Waals surface area contributed by atoms with Gasteiger partial charge in [0.05, 0.1) is 17.5 Å². The molecule has 4 N–H and O–H groups in total. The highest BCUT2D eigenvalue weighted by Gasteiger charge is 2.42. The van der Waals surface area contributed by atoms with Gasteiger partial charge in [0, 0.05) is 24.1 Å². The number of amides is 2. The molecule has 1 saturated carbocycles. The van der Waals surface area contributed by atoms with Crippen LogP contribution in [0, 0.1) is 6.92 Å². The van der Waals surface area contributed by atoms with Gasteiger partial charge in [-0.3, -0.25) is 0 Å². The maximum atomic E-state index is 11.4. The minimum Gasteiger partial charge on any atom is -0.481 e. The number of aryl methyl sites for hydroxylation is 1. The van der Waals surface area contributed by atoms with E-state index in [9.17, 15) is 4.79 Å². The van der Waals surface area contributed by atoms with Crippen molar-refractivity contribution in [3.63, 3.8) is 0 Å². The van der Waals surface area contributed by atoms with Gasteiger partial charge in [0.1, 0.15) is 5.01 Å². The summed E-state index contributed by atoms with van der Waals surface area (Å²) in [6, 6.07) is 7.34. The summed E-state index contributed by atoms with van der Waals surface area (Å²) < 4.78 is 5.15. The Hall–Kier alpha value is -3.20. The molecule has 1 fully saturated rings. The van der Waals surface area contributed by atoms with Crippen molar-refractivity contribution >= 4 is 29.0 Å². The fraction of sp³-hybridized carbons (Fsp3) is 0.300. The van der Waals surface area contributed by atoms with Crippen molar-refractivity contribution < 1.29 is 9.53 Å². The fourth-order valence-corrected chi connectivity index (χ4v) is 4.54. The Bertz CT molecular complexity index is 1050. The Morgan fingerprint density at radius 3 is 2.79 bits per heavy atom. The first kappa shape index (κ1) is 19.1.